The number of hydrogen-bond acceptors (Lipinski definition) is 4. The molecule has 7 heteroatoms. The van der Waals surface area contributed by atoms with Gasteiger partial charge in [-0.05, 0) is 31.4 Å². The van der Waals surface area contributed by atoms with E-state index in [-0.39, 0.29) is 10.8 Å². The molecule has 1 saturated heterocycles. The fourth-order valence-electron chi connectivity index (χ4n) is 2.87. The summed E-state index contributed by atoms with van der Waals surface area (Å²) in [6.45, 7) is 3.09. The van der Waals surface area contributed by atoms with Crippen LogP contribution in [0.25, 0.3) is 10.9 Å². The van der Waals surface area contributed by atoms with Crippen molar-refractivity contribution >= 4 is 28.8 Å². The van der Waals surface area contributed by atoms with Gasteiger partial charge in [-0.25, -0.2) is 9.78 Å². The van der Waals surface area contributed by atoms with E-state index in [1.54, 1.807) is 17.8 Å². The number of aromatic nitrogens is 2. The predicted octanol–water partition coefficient (Wildman–Crippen LogP) is 2.61. The van der Waals surface area contributed by atoms with Gasteiger partial charge < -0.3 is 15.0 Å². The molecule has 1 aliphatic heterocycles. The quantitative estimate of drug-likeness (QED) is 0.902. The van der Waals surface area contributed by atoms with Crippen molar-refractivity contribution in [1.29, 1.82) is 0 Å². The maximum atomic E-state index is 12.2. The summed E-state index contributed by atoms with van der Waals surface area (Å²) in [7, 11) is 0. The number of carboxylic acid groups (broad SMARTS) is 1. The summed E-state index contributed by atoms with van der Waals surface area (Å²) >= 11 is 1.66. The fourth-order valence-corrected chi connectivity index (χ4v) is 4.01. The number of aryl methyl sites for hydroxylation is 1. The molecular formula is C16H19N3O3S. The zero-order valence-corrected chi connectivity index (χ0v) is 13.7. The molecule has 0 bridgehead atoms. The SMILES string of the molecule is Cc1cccc2c(=O)[nH]c(CSC3CCCN(C(=O)O)C3)nc12. The zero-order valence-electron chi connectivity index (χ0n) is 12.9. The molecule has 2 N–H and O–H groups in total. The molecule has 0 aliphatic carbocycles. The number of benzene rings is 1. The third kappa shape index (κ3) is 3.50. The van der Waals surface area contributed by atoms with Crippen molar-refractivity contribution in [3.05, 3.63) is 39.9 Å². The third-order valence-corrected chi connectivity index (χ3v) is 5.39. The van der Waals surface area contributed by atoms with Gasteiger partial charge in [-0.1, -0.05) is 12.1 Å². The van der Waals surface area contributed by atoms with Crippen molar-refractivity contribution in [1.82, 2.24) is 14.9 Å². The molecule has 0 spiro atoms. The fraction of sp³-hybridized carbons (Fsp3) is 0.438. The molecular weight excluding hydrogens is 314 g/mol. The van der Waals surface area contributed by atoms with E-state index in [9.17, 15) is 9.59 Å². The molecule has 6 nitrogen and oxygen atoms in total. The molecule has 1 aromatic heterocycles. The number of hydrogen-bond donors (Lipinski definition) is 2. The minimum atomic E-state index is -0.858. The van der Waals surface area contributed by atoms with Crippen LogP contribution >= 0.6 is 11.8 Å². The Morgan fingerprint density at radius 1 is 1.52 bits per heavy atom. The van der Waals surface area contributed by atoms with Crippen molar-refractivity contribution in [2.45, 2.75) is 30.8 Å². The van der Waals surface area contributed by atoms with Gasteiger partial charge >= 0.3 is 6.09 Å². The van der Waals surface area contributed by atoms with Gasteiger partial charge in [0.2, 0.25) is 0 Å². The largest absolute Gasteiger partial charge is 0.465 e. The van der Waals surface area contributed by atoms with Crippen LogP contribution in [0.2, 0.25) is 0 Å². The summed E-state index contributed by atoms with van der Waals surface area (Å²) in [5.41, 5.74) is 1.60. The summed E-state index contributed by atoms with van der Waals surface area (Å²) in [4.78, 5) is 32.1. The van der Waals surface area contributed by atoms with Crippen molar-refractivity contribution in [2.24, 2.45) is 0 Å². The number of nitrogens with zero attached hydrogens (tertiary/aromatic N) is 2. The summed E-state index contributed by atoms with van der Waals surface area (Å²) in [6, 6.07) is 5.57. The van der Waals surface area contributed by atoms with Crippen LogP contribution in [0.5, 0.6) is 0 Å². The smallest absolute Gasteiger partial charge is 0.407 e. The van der Waals surface area contributed by atoms with Gasteiger partial charge in [-0.2, -0.15) is 0 Å². The van der Waals surface area contributed by atoms with Crippen molar-refractivity contribution in [2.75, 3.05) is 13.1 Å². The van der Waals surface area contributed by atoms with Crippen molar-refractivity contribution in [3.63, 3.8) is 0 Å². The topological polar surface area (TPSA) is 86.3 Å². The van der Waals surface area contributed by atoms with Crippen LogP contribution in [-0.4, -0.2) is 44.4 Å². The molecule has 1 fully saturated rings. The number of rotatable bonds is 3. The Bertz CT molecular complexity index is 790. The second-order valence-corrected chi connectivity index (χ2v) is 7.08. The first kappa shape index (κ1) is 15.9. The lowest BCUT2D eigenvalue weighted by atomic mass is 10.1. The standard InChI is InChI=1S/C16H19N3O3S/c1-10-4-2-6-12-14(10)17-13(18-15(12)20)9-23-11-5-3-7-19(8-11)16(21)22/h2,4,6,11H,3,5,7-9H2,1H3,(H,21,22)(H,17,18,20). The number of nitrogens with one attached hydrogen (secondary N) is 1. The van der Waals surface area contributed by atoms with Crippen LogP contribution < -0.4 is 5.56 Å². The lowest BCUT2D eigenvalue weighted by molar-refractivity contribution is 0.137. The highest BCUT2D eigenvalue weighted by Crippen LogP contribution is 2.25. The van der Waals surface area contributed by atoms with E-state index in [2.05, 4.69) is 9.97 Å². The number of H-pyrrole nitrogens is 1. The maximum absolute atomic E-state index is 12.2. The van der Waals surface area contributed by atoms with E-state index < -0.39 is 6.09 Å². The van der Waals surface area contributed by atoms with Crippen LogP contribution in [0.4, 0.5) is 4.79 Å². The third-order valence-electron chi connectivity index (χ3n) is 4.09. The average Bonchev–Trinajstić information content (AvgIpc) is 2.54. The number of carbonyl (C=O) groups is 1. The lowest BCUT2D eigenvalue weighted by Crippen LogP contribution is -2.40. The average molecular weight is 333 g/mol. The summed E-state index contributed by atoms with van der Waals surface area (Å²) in [5, 5.41) is 9.94. The van der Waals surface area contributed by atoms with Crippen LogP contribution in [0.15, 0.2) is 23.0 Å². The Kier molecular flexibility index (Phi) is 4.56. The van der Waals surface area contributed by atoms with Gasteiger partial charge in [0.1, 0.15) is 5.82 Å². The molecule has 1 atom stereocenters. The first-order valence-corrected chi connectivity index (χ1v) is 8.67. The molecule has 1 aliphatic rings. The second-order valence-electron chi connectivity index (χ2n) is 5.79. The second kappa shape index (κ2) is 6.62. The van der Waals surface area contributed by atoms with Crippen LogP contribution in [-0.2, 0) is 5.75 Å². The lowest BCUT2D eigenvalue weighted by Gasteiger charge is -2.30. The van der Waals surface area contributed by atoms with Gasteiger partial charge in [0.25, 0.3) is 5.56 Å². The van der Waals surface area contributed by atoms with Gasteiger partial charge in [0.15, 0.2) is 0 Å². The molecule has 0 saturated carbocycles. The minimum Gasteiger partial charge on any atom is -0.465 e. The number of fused-ring (bicyclic) bond motifs is 1. The van der Waals surface area contributed by atoms with E-state index in [1.807, 2.05) is 19.1 Å². The summed E-state index contributed by atoms with van der Waals surface area (Å²) in [6.07, 6.45) is 1.01. The maximum Gasteiger partial charge on any atom is 0.407 e. The molecule has 0 radical (unpaired) electrons. The molecule has 122 valence electrons. The summed E-state index contributed by atoms with van der Waals surface area (Å²) < 4.78 is 0. The van der Waals surface area contributed by atoms with Crippen LogP contribution in [0, 0.1) is 6.92 Å². The molecule has 1 aromatic carbocycles. The number of likely N-dealkylation sites (tertiary alicyclic amines) is 1. The first-order chi connectivity index (χ1) is 11.0. The van der Waals surface area contributed by atoms with E-state index in [0.717, 1.165) is 23.9 Å². The van der Waals surface area contributed by atoms with E-state index in [1.165, 1.54) is 4.90 Å². The molecule has 1 unspecified atom stereocenters. The molecule has 1 amide bonds. The van der Waals surface area contributed by atoms with Gasteiger partial charge in [0.05, 0.1) is 16.7 Å². The number of amides is 1. The highest BCUT2D eigenvalue weighted by Gasteiger charge is 2.23. The number of aromatic amines is 1. The van der Waals surface area contributed by atoms with Gasteiger partial charge in [-0.3, -0.25) is 4.79 Å². The van der Waals surface area contributed by atoms with E-state index >= 15 is 0 Å². The van der Waals surface area contributed by atoms with Crippen molar-refractivity contribution in [3.8, 4) is 0 Å². The van der Waals surface area contributed by atoms with Gasteiger partial charge in [0, 0.05) is 18.3 Å². The number of thioether (sulfide) groups is 1. The van der Waals surface area contributed by atoms with Gasteiger partial charge in [-0.15, -0.1) is 11.8 Å². The van der Waals surface area contributed by atoms with Crippen LogP contribution in [0.1, 0.15) is 24.2 Å². The molecule has 3 rings (SSSR count). The van der Waals surface area contributed by atoms with Crippen LogP contribution in [0.3, 0.4) is 0 Å². The Morgan fingerprint density at radius 3 is 3.13 bits per heavy atom. The predicted molar refractivity (Wildman–Crippen MR) is 91.0 cm³/mol. The number of piperidine rings is 1. The van der Waals surface area contributed by atoms with E-state index in [4.69, 9.17) is 5.11 Å². The Hall–Kier alpha value is -2.02. The zero-order chi connectivity index (χ0) is 16.4. The number of para-hydroxylation sites is 1. The molecule has 2 heterocycles. The first-order valence-electron chi connectivity index (χ1n) is 7.62. The normalized spacial score (nSPS) is 18.3. The highest BCUT2D eigenvalue weighted by atomic mass is 32.2. The monoisotopic (exact) mass is 333 g/mol. The Balaban J connectivity index is 1.73. The molecule has 23 heavy (non-hydrogen) atoms. The summed E-state index contributed by atoms with van der Waals surface area (Å²) in [5.74, 6) is 1.23. The minimum absolute atomic E-state index is 0.120. The van der Waals surface area contributed by atoms with E-state index in [0.29, 0.717) is 30.1 Å². The molecule has 2 aromatic rings. The Morgan fingerprint density at radius 2 is 2.35 bits per heavy atom. The Labute approximate surface area is 137 Å². The highest BCUT2D eigenvalue weighted by molar-refractivity contribution is 7.99. The van der Waals surface area contributed by atoms with Crippen molar-refractivity contribution < 1.29 is 9.90 Å².